The molecule has 0 spiro atoms. The number of hydrogen-bond donors (Lipinski definition) is 1. The van der Waals surface area contributed by atoms with Gasteiger partial charge in [-0.3, -0.25) is 5.10 Å². The molecule has 7 rings (SSSR count). The highest BCUT2D eigenvalue weighted by molar-refractivity contribution is 5.86. The SMILES string of the molecule is CC.CC.CC.CC.CC(C)C.CC(C)C.CC(C)c1cccc2ccccc12.CC(C)c1ccccc1.c1ccc2[nH]ncc2c1.c1ccc2c(c1)OCO2. The number of ether oxygens (including phenoxy) is 2. The first-order valence-electron chi connectivity index (χ1n) is 21.2. The monoisotopic (exact) mass is 767 g/mol. The third kappa shape index (κ3) is 26.3. The van der Waals surface area contributed by atoms with Gasteiger partial charge < -0.3 is 9.47 Å². The van der Waals surface area contributed by atoms with Crippen LogP contribution in [0.15, 0.2) is 128 Å². The van der Waals surface area contributed by atoms with Gasteiger partial charge in [-0.15, -0.1) is 0 Å². The molecule has 4 heteroatoms. The third-order valence-corrected chi connectivity index (χ3v) is 6.54. The highest BCUT2D eigenvalue weighted by Crippen LogP contribution is 2.30. The van der Waals surface area contributed by atoms with Crippen LogP contribution in [0.25, 0.3) is 21.7 Å². The molecule has 56 heavy (non-hydrogen) atoms. The molecule has 312 valence electrons. The van der Waals surface area contributed by atoms with Gasteiger partial charge in [-0.25, -0.2) is 0 Å². The molecule has 0 fully saturated rings. The van der Waals surface area contributed by atoms with E-state index in [2.05, 4.69) is 146 Å². The lowest BCUT2D eigenvalue weighted by Crippen LogP contribution is -1.92. The maximum Gasteiger partial charge on any atom is 0.231 e. The molecular formula is C52H82N2O2. The minimum Gasteiger partial charge on any atom is -0.454 e. The van der Waals surface area contributed by atoms with E-state index in [0.29, 0.717) is 18.6 Å². The molecule has 0 radical (unpaired) electrons. The lowest BCUT2D eigenvalue weighted by molar-refractivity contribution is 0.174. The molecule has 2 heterocycles. The Kier molecular flexibility index (Phi) is 37.2. The number of benzene rings is 5. The fourth-order valence-electron chi connectivity index (χ4n) is 4.32. The van der Waals surface area contributed by atoms with E-state index in [4.69, 9.17) is 9.47 Å². The van der Waals surface area contributed by atoms with Crippen LogP contribution in [-0.2, 0) is 0 Å². The van der Waals surface area contributed by atoms with Gasteiger partial charge >= 0.3 is 0 Å². The smallest absolute Gasteiger partial charge is 0.231 e. The van der Waals surface area contributed by atoms with Gasteiger partial charge in [-0.2, -0.15) is 5.10 Å². The van der Waals surface area contributed by atoms with Crippen molar-refractivity contribution in [3.63, 3.8) is 0 Å². The molecule has 0 unspecified atom stereocenters. The van der Waals surface area contributed by atoms with Crippen molar-refractivity contribution in [2.24, 2.45) is 11.8 Å². The molecule has 0 saturated carbocycles. The Morgan fingerprint density at radius 1 is 0.446 bits per heavy atom. The molecule has 0 atom stereocenters. The number of rotatable bonds is 2. The van der Waals surface area contributed by atoms with Crippen LogP contribution >= 0.6 is 0 Å². The van der Waals surface area contributed by atoms with Gasteiger partial charge in [0.05, 0.1) is 11.7 Å². The van der Waals surface area contributed by atoms with Crippen molar-refractivity contribution in [3.8, 4) is 11.5 Å². The van der Waals surface area contributed by atoms with Crippen molar-refractivity contribution >= 4 is 21.7 Å². The number of para-hydroxylation sites is 3. The summed E-state index contributed by atoms with van der Waals surface area (Å²) in [5.74, 6) is 4.62. The van der Waals surface area contributed by atoms with Crippen LogP contribution in [0.3, 0.4) is 0 Å². The second-order valence-electron chi connectivity index (χ2n) is 13.6. The maximum atomic E-state index is 5.08. The van der Waals surface area contributed by atoms with E-state index in [1.807, 2.05) is 116 Å². The van der Waals surface area contributed by atoms with E-state index < -0.39 is 0 Å². The van der Waals surface area contributed by atoms with Crippen molar-refractivity contribution in [1.29, 1.82) is 0 Å². The highest BCUT2D eigenvalue weighted by atomic mass is 16.7. The van der Waals surface area contributed by atoms with Crippen LogP contribution < -0.4 is 9.47 Å². The summed E-state index contributed by atoms with van der Waals surface area (Å²) < 4.78 is 10.2. The summed E-state index contributed by atoms with van der Waals surface area (Å²) in [4.78, 5) is 0. The predicted octanol–water partition coefficient (Wildman–Crippen LogP) is 17.2. The first-order chi connectivity index (χ1) is 27.0. The molecule has 0 bridgehead atoms. The Bertz CT molecular complexity index is 1620. The van der Waals surface area contributed by atoms with Crippen LogP contribution in [0.1, 0.15) is 148 Å². The summed E-state index contributed by atoms with van der Waals surface area (Å²) in [5.41, 5.74) is 3.95. The van der Waals surface area contributed by atoms with Gasteiger partial charge in [0.2, 0.25) is 6.79 Å². The molecule has 5 aromatic carbocycles. The predicted molar refractivity (Wildman–Crippen MR) is 254 cm³/mol. The maximum absolute atomic E-state index is 5.08. The van der Waals surface area contributed by atoms with Crippen molar-refractivity contribution < 1.29 is 9.47 Å². The van der Waals surface area contributed by atoms with Crippen LogP contribution in [-0.4, -0.2) is 17.0 Å². The van der Waals surface area contributed by atoms with E-state index in [1.165, 1.54) is 21.9 Å². The zero-order valence-electron chi connectivity index (χ0n) is 38.9. The van der Waals surface area contributed by atoms with Gasteiger partial charge in [0.1, 0.15) is 0 Å². The average Bonchev–Trinajstić information content (AvgIpc) is 3.92. The number of nitrogens with zero attached hydrogens (tertiary/aromatic N) is 1. The van der Waals surface area contributed by atoms with E-state index in [-0.39, 0.29) is 0 Å². The number of aromatic amines is 1. The molecule has 1 aliphatic heterocycles. The second kappa shape index (κ2) is 37.4. The average molecular weight is 767 g/mol. The summed E-state index contributed by atoms with van der Waals surface area (Å²) in [6.45, 7) is 38.2. The lowest BCUT2D eigenvalue weighted by Gasteiger charge is -2.08. The fraction of sp³-hybridized carbons (Fsp3) is 0.442. The topological polar surface area (TPSA) is 47.1 Å². The molecule has 6 aromatic rings. The quantitative estimate of drug-likeness (QED) is 0.191. The molecule has 1 aliphatic rings. The van der Waals surface area contributed by atoms with Gasteiger partial charge in [-0.05, 0) is 63.8 Å². The normalized spacial score (nSPS) is 9.75. The van der Waals surface area contributed by atoms with Crippen molar-refractivity contribution in [1.82, 2.24) is 10.2 Å². The first-order valence-corrected chi connectivity index (χ1v) is 21.2. The number of nitrogens with one attached hydrogen (secondary N) is 1. The number of fused-ring (bicyclic) bond motifs is 3. The Morgan fingerprint density at radius 2 is 0.857 bits per heavy atom. The van der Waals surface area contributed by atoms with Crippen molar-refractivity contribution in [3.05, 3.63) is 139 Å². The summed E-state index contributed by atoms with van der Waals surface area (Å²) in [6, 6.07) is 41.2. The molecule has 0 saturated heterocycles. The van der Waals surface area contributed by atoms with Crippen LogP contribution in [0.2, 0.25) is 0 Å². The molecule has 1 aromatic heterocycles. The zero-order valence-corrected chi connectivity index (χ0v) is 38.9. The Labute approximate surface area is 345 Å². The summed E-state index contributed by atoms with van der Waals surface area (Å²) in [6.07, 6.45) is 1.81. The molecule has 1 N–H and O–H groups in total. The van der Waals surface area contributed by atoms with Crippen molar-refractivity contribution in [2.75, 3.05) is 6.79 Å². The zero-order chi connectivity index (χ0) is 43.3. The largest absolute Gasteiger partial charge is 0.454 e. The van der Waals surface area contributed by atoms with Crippen LogP contribution in [0.4, 0.5) is 0 Å². The minimum atomic E-state index is 0.360. The number of aromatic nitrogens is 2. The van der Waals surface area contributed by atoms with Gasteiger partial charge in [0.15, 0.2) is 11.5 Å². The Balaban J connectivity index is -0.000000600. The van der Waals surface area contributed by atoms with E-state index >= 15 is 0 Å². The summed E-state index contributed by atoms with van der Waals surface area (Å²) in [5, 5.41) is 10.6. The first kappa shape index (κ1) is 55.8. The fourth-order valence-corrected chi connectivity index (χ4v) is 4.32. The second-order valence-corrected chi connectivity index (χ2v) is 13.6. The summed E-state index contributed by atoms with van der Waals surface area (Å²) >= 11 is 0. The van der Waals surface area contributed by atoms with Gasteiger partial charge in [0.25, 0.3) is 0 Å². The summed E-state index contributed by atoms with van der Waals surface area (Å²) in [7, 11) is 0. The molecular weight excluding hydrogens is 685 g/mol. The molecule has 0 amide bonds. The van der Waals surface area contributed by atoms with E-state index in [9.17, 15) is 0 Å². The number of H-pyrrole nitrogens is 1. The van der Waals surface area contributed by atoms with Crippen LogP contribution in [0.5, 0.6) is 11.5 Å². The van der Waals surface area contributed by atoms with E-state index in [0.717, 1.165) is 34.2 Å². The Hall–Kier alpha value is -4.57. The van der Waals surface area contributed by atoms with Crippen LogP contribution in [0, 0.1) is 11.8 Å². The Morgan fingerprint density at radius 3 is 1.30 bits per heavy atom. The van der Waals surface area contributed by atoms with E-state index in [1.54, 1.807) is 0 Å². The minimum absolute atomic E-state index is 0.360. The lowest BCUT2D eigenvalue weighted by atomic mass is 9.96. The molecule has 0 aliphatic carbocycles. The van der Waals surface area contributed by atoms with Crippen molar-refractivity contribution in [2.45, 2.75) is 136 Å². The van der Waals surface area contributed by atoms with Gasteiger partial charge in [0, 0.05) is 5.39 Å². The number of hydrogen-bond acceptors (Lipinski definition) is 3. The third-order valence-electron chi connectivity index (χ3n) is 6.54. The van der Waals surface area contributed by atoms with Gasteiger partial charge in [-0.1, -0.05) is 228 Å². The highest BCUT2D eigenvalue weighted by Gasteiger charge is 2.09. The molecule has 4 nitrogen and oxygen atoms in total. The standard InChI is InChI=1S/C13H14.C9H12.C7H6N2.C7H6O2.2C4H10.4C2H6/c1-10(2)12-9-5-7-11-6-3-4-8-13(11)12;1-8(2)9-6-4-3-5-7-9;1-2-4-7-6(3-1)5-8-9-7;1-2-4-7-6(3-1)8-5-9-7;2*1-4(2)3;4*1-2/h3-10H,1-2H3;3-8H,1-2H3;1-5H,(H,8,9);1-4H,5H2;2*4H,1-3H3;4*1-2H3.